The number of rotatable bonds is 3. The van der Waals surface area contributed by atoms with Gasteiger partial charge >= 0.3 is 0 Å². The van der Waals surface area contributed by atoms with Gasteiger partial charge in [-0.25, -0.2) is 0 Å². The van der Waals surface area contributed by atoms with Crippen LogP contribution in [0.15, 0.2) is 18.5 Å². The first-order valence-electron chi connectivity index (χ1n) is 6.49. The first-order valence-corrected chi connectivity index (χ1v) is 6.49. The maximum atomic E-state index is 12.2. The third-order valence-corrected chi connectivity index (χ3v) is 3.37. The maximum Gasteiger partial charge on any atom is 0.253 e. The molecular weight excluding hydrogens is 238 g/mol. The number of carbonyl (C=O) groups excluding carboxylic acids is 1. The number of nitrogens with zero attached hydrogens (tertiary/aromatic N) is 1. The Hall–Kier alpha value is -1.86. The van der Waals surface area contributed by atoms with Crippen molar-refractivity contribution in [3.8, 4) is 11.8 Å². The largest absolute Gasteiger partial charge is 0.347 e. The number of aromatic nitrogens is 1. The summed E-state index contributed by atoms with van der Waals surface area (Å²) in [4.78, 5) is 16.2. The molecule has 100 valence electrons. The summed E-state index contributed by atoms with van der Waals surface area (Å²) < 4.78 is 0. The van der Waals surface area contributed by atoms with Crippen molar-refractivity contribution in [2.24, 2.45) is 11.7 Å². The average molecular weight is 257 g/mol. The van der Waals surface area contributed by atoms with Crippen LogP contribution in [-0.4, -0.2) is 23.0 Å². The molecule has 4 heteroatoms. The van der Waals surface area contributed by atoms with E-state index in [-0.39, 0.29) is 11.4 Å². The van der Waals surface area contributed by atoms with Gasteiger partial charge < -0.3 is 11.1 Å². The van der Waals surface area contributed by atoms with Crippen molar-refractivity contribution < 1.29 is 4.79 Å². The highest BCUT2D eigenvalue weighted by Gasteiger charge is 2.38. The van der Waals surface area contributed by atoms with Gasteiger partial charge in [-0.2, -0.15) is 0 Å². The highest BCUT2D eigenvalue weighted by Crippen LogP contribution is 2.39. The summed E-state index contributed by atoms with van der Waals surface area (Å²) in [5, 5.41) is 3.07. The van der Waals surface area contributed by atoms with Crippen LogP contribution >= 0.6 is 0 Å². The van der Waals surface area contributed by atoms with E-state index < -0.39 is 0 Å². The topological polar surface area (TPSA) is 68.0 Å². The molecule has 2 rings (SSSR count). The molecule has 1 saturated carbocycles. The van der Waals surface area contributed by atoms with Gasteiger partial charge in [0.15, 0.2) is 0 Å². The fourth-order valence-corrected chi connectivity index (χ4v) is 2.06. The molecule has 0 spiro atoms. The molecule has 1 aliphatic rings. The van der Waals surface area contributed by atoms with Gasteiger partial charge in [-0.1, -0.05) is 11.8 Å². The Bertz CT molecular complexity index is 536. The van der Waals surface area contributed by atoms with Crippen LogP contribution in [0.1, 0.15) is 42.6 Å². The van der Waals surface area contributed by atoms with Crippen LogP contribution in [0.3, 0.4) is 0 Å². The highest BCUT2D eigenvalue weighted by atomic mass is 16.1. The average Bonchev–Trinajstić information content (AvgIpc) is 3.20. The molecule has 1 amide bonds. The smallest absolute Gasteiger partial charge is 0.253 e. The highest BCUT2D eigenvalue weighted by molar-refractivity contribution is 5.94. The Labute approximate surface area is 113 Å². The fourth-order valence-electron chi connectivity index (χ4n) is 2.06. The molecule has 1 aliphatic carbocycles. The summed E-state index contributed by atoms with van der Waals surface area (Å²) in [6.07, 6.45) is 5.57. The molecule has 1 heterocycles. The Morgan fingerprint density at radius 3 is 2.89 bits per heavy atom. The third kappa shape index (κ3) is 3.55. The number of hydrogen-bond acceptors (Lipinski definition) is 3. The van der Waals surface area contributed by atoms with Gasteiger partial charge in [0.1, 0.15) is 0 Å². The first kappa shape index (κ1) is 13.6. The lowest BCUT2D eigenvalue weighted by Gasteiger charge is -2.26. The van der Waals surface area contributed by atoms with Gasteiger partial charge in [0, 0.05) is 23.5 Å². The zero-order valence-corrected chi connectivity index (χ0v) is 11.4. The van der Waals surface area contributed by atoms with E-state index in [1.807, 2.05) is 0 Å². The minimum atomic E-state index is -0.157. The Morgan fingerprint density at radius 1 is 1.53 bits per heavy atom. The van der Waals surface area contributed by atoms with Crippen molar-refractivity contribution in [1.29, 1.82) is 0 Å². The van der Waals surface area contributed by atoms with Gasteiger partial charge in [0.2, 0.25) is 0 Å². The van der Waals surface area contributed by atoms with Gasteiger partial charge in [-0.05, 0) is 38.7 Å². The van der Waals surface area contributed by atoms with E-state index in [0.717, 1.165) is 0 Å². The lowest BCUT2D eigenvalue weighted by Crippen LogP contribution is -2.45. The molecule has 1 aromatic heterocycles. The number of amides is 1. The van der Waals surface area contributed by atoms with E-state index in [2.05, 4.69) is 36.0 Å². The Balaban J connectivity index is 2.10. The van der Waals surface area contributed by atoms with Gasteiger partial charge in [-0.3, -0.25) is 9.78 Å². The van der Waals surface area contributed by atoms with E-state index >= 15 is 0 Å². The van der Waals surface area contributed by atoms with Crippen LogP contribution in [0, 0.1) is 17.8 Å². The van der Waals surface area contributed by atoms with Gasteiger partial charge in [0.25, 0.3) is 5.91 Å². The van der Waals surface area contributed by atoms with Crippen LogP contribution in [0.2, 0.25) is 0 Å². The molecule has 4 nitrogen and oxygen atoms in total. The minimum absolute atomic E-state index is 0.0965. The second-order valence-electron chi connectivity index (χ2n) is 5.42. The van der Waals surface area contributed by atoms with Crippen molar-refractivity contribution in [3.63, 3.8) is 0 Å². The number of pyridine rings is 1. The molecule has 1 fully saturated rings. The second kappa shape index (κ2) is 5.41. The van der Waals surface area contributed by atoms with E-state index in [1.54, 1.807) is 18.5 Å². The summed E-state index contributed by atoms with van der Waals surface area (Å²) in [6.45, 7) is 4.42. The number of hydrogen-bond donors (Lipinski definition) is 2. The molecule has 0 atom stereocenters. The first-order chi connectivity index (χ1) is 9.03. The number of nitrogens with two attached hydrogens (primary N) is 1. The molecule has 19 heavy (non-hydrogen) atoms. The lowest BCUT2D eigenvalue weighted by molar-refractivity contribution is 0.0903. The predicted octanol–water partition coefficient (Wildman–Crippen LogP) is 1.31. The number of nitrogens with one attached hydrogen (secondary N) is 1. The number of carbonyl (C=O) groups is 1. The zero-order valence-electron chi connectivity index (χ0n) is 11.4. The Kier molecular flexibility index (Phi) is 3.87. The van der Waals surface area contributed by atoms with Crippen LogP contribution in [0.5, 0.6) is 0 Å². The minimum Gasteiger partial charge on any atom is -0.347 e. The molecular formula is C15H19N3O. The molecule has 0 radical (unpaired) electrons. The summed E-state index contributed by atoms with van der Waals surface area (Å²) in [7, 11) is 0. The third-order valence-electron chi connectivity index (χ3n) is 3.37. The SMILES string of the molecule is CC(C)(NC(=O)c1cncc(C#CCN)c1)C1CC1. The predicted molar refractivity (Wildman–Crippen MR) is 74.4 cm³/mol. The van der Waals surface area contributed by atoms with E-state index in [4.69, 9.17) is 5.73 Å². The Morgan fingerprint density at radius 2 is 2.26 bits per heavy atom. The van der Waals surface area contributed by atoms with E-state index in [1.165, 1.54) is 12.8 Å². The molecule has 0 aliphatic heterocycles. The maximum absolute atomic E-state index is 12.2. The molecule has 0 bridgehead atoms. The monoisotopic (exact) mass is 257 g/mol. The zero-order chi connectivity index (χ0) is 13.9. The molecule has 3 N–H and O–H groups in total. The summed E-state index contributed by atoms with van der Waals surface area (Å²) >= 11 is 0. The lowest BCUT2D eigenvalue weighted by atomic mass is 9.98. The molecule has 1 aromatic rings. The van der Waals surface area contributed by atoms with Crippen molar-refractivity contribution in [1.82, 2.24) is 10.3 Å². The van der Waals surface area contributed by atoms with E-state index in [9.17, 15) is 4.79 Å². The quantitative estimate of drug-likeness (QED) is 0.802. The van der Waals surface area contributed by atoms with Gasteiger partial charge in [0.05, 0.1) is 12.1 Å². The summed E-state index contributed by atoms with van der Waals surface area (Å²) in [5.74, 6) is 6.12. The van der Waals surface area contributed by atoms with E-state index in [0.29, 0.717) is 23.6 Å². The molecule has 0 saturated heterocycles. The van der Waals surface area contributed by atoms with Crippen LogP contribution < -0.4 is 11.1 Å². The van der Waals surface area contributed by atoms with Crippen molar-refractivity contribution in [2.75, 3.05) is 6.54 Å². The van der Waals surface area contributed by atoms with Crippen LogP contribution in [-0.2, 0) is 0 Å². The molecule has 0 aromatic carbocycles. The van der Waals surface area contributed by atoms with Gasteiger partial charge in [-0.15, -0.1) is 0 Å². The van der Waals surface area contributed by atoms with Crippen molar-refractivity contribution in [2.45, 2.75) is 32.2 Å². The second-order valence-corrected chi connectivity index (χ2v) is 5.42. The summed E-state index contributed by atoms with van der Waals surface area (Å²) in [5.41, 5.74) is 6.42. The standard InChI is InChI=1S/C15H19N3O/c1-15(2,13-5-6-13)18-14(19)12-8-11(4-3-7-16)9-17-10-12/h8-10,13H,5-7,16H2,1-2H3,(H,18,19). The normalized spacial score (nSPS) is 14.5. The van der Waals surface area contributed by atoms with Crippen LogP contribution in [0.4, 0.5) is 0 Å². The summed E-state index contributed by atoms with van der Waals surface area (Å²) in [6, 6.07) is 1.74. The fraction of sp³-hybridized carbons (Fsp3) is 0.467. The molecule has 0 unspecified atom stereocenters. The van der Waals surface area contributed by atoms with Crippen molar-refractivity contribution in [3.05, 3.63) is 29.6 Å². The van der Waals surface area contributed by atoms with Crippen molar-refractivity contribution >= 4 is 5.91 Å². The van der Waals surface area contributed by atoms with Crippen LogP contribution in [0.25, 0.3) is 0 Å².